The molecule has 4 aromatic rings. The van der Waals surface area contributed by atoms with Crippen LogP contribution in [0, 0.1) is 5.82 Å². The third-order valence-corrected chi connectivity index (χ3v) is 6.28. The van der Waals surface area contributed by atoms with Gasteiger partial charge in [0.2, 0.25) is 11.8 Å². The Kier molecular flexibility index (Phi) is 7.73. The smallest absolute Gasteiger partial charge is 0.242 e. The minimum absolute atomic E-state index is 0.109. The van der Waals surface area contributed by atoms with Gasteiger partial charge in [-0.25, -0.2) is 4.39 Å². The van der Waals surface area contributed by atoms with Gasteiger partial charge in [0.25, 0.3) is 0 Å². The van der Waals surface area contributed by atoms with Crippen LogP contribution in [0.4, 0.5) is 15.8 Å². The van der Waals surface area contributed by atoms with Crippen LogP contribution in [-0.2, 0) is 16.0 Å². The average molecular weight is 471 g/mol. The maximum absolute atomic E-state index is 13.2. The van der Waals surface area contributed by atoms with Crippen molar-refractivity contribution in [1.29, 1.82) is 0 Å². The summed E-state index contributed by atoms with van der Waals surface area (Å²) in [5.74, 6) is -0.693. The molecule has 1 atom stereocenters. The summed E-state index contributed by atoms with van der Waals surface area (Å²) < 4.78 is 13.2. The second-order valence-electron chi connectivity index (χ2n) is 7.64. The number of thioether (sulfide) groups is 1. The first-order chi connectivity index (χ1) is 16.6. The fourth-order valence-corrected chi connectivity index (χ4v) is 4.49. The van der Waals surface area contributed by atoms with Gasteiger partial charge in [0.15, 0.2) is 0 Å². The third kappa shape index (κ3) is 6.56. The molecule has 0 saturated carbocycles. The van der Waals surface area contributed by atoms with Gasteiger partial charge in [-0.05, 0) is 53.6 Å². The average Bonchev–Trinajstić information content (AvgIpc) is 2.85. The van der Waals surface area contributed by atoms with E-state index in [-0.39, 0.29) is 24.1 Å². The lowest BCUT2D eigenvalue weighted by Crippen LogP contribution is -2.19. The summed E-state index contributed by atoms with van der Waals surface area (Å²) in [5.41, 5.74) is 2.96. The van der Waals surface area contributed by atoms with Crippen LogP contribution in [0.3, 0.4) is 0 Å². The number of anilines is 2. The zero-order valence-electron chi connectivity index (χ0n) is 18.3. The Morgan fingerprint density at radius 1 is 0.735 bits per heavy atom. The number of carbonyl (C=O) groups is 2. The van der Waals surface area contributed by atoms with Crippen LogP contribution in [0.15, 0.2) is 114 Å². The largest absolute Gasteiger partial charge is 0.326 e. The number of carbonyl (C=O) groups excluding carboxylic acids is 2. The molecule has 0 aliphatic carbocycles. The van der Waals surface area contributed by atoms with Gasteiger partial charge in [-0.3, -0.25) is 9.59 Å². The van der Waals surface area contributed by atoms with Crippen molar-refractivity contribution < 1.29 is 14.0 Å². The Bertz CT molecular complexity index is 1250. The Morgan fingerprint density at radius 2 is 1.41 bits per heavy atom. The van der Waals surface area contributed by atoms with Crippen LogP contribution < -0.4 is 10.6 Å². The molecule has 0 radical (unpaired) electrons. The van der Waals surface area contributed by atoms with Crippen molar-refractivity contribution in [2.45, 2.75) is 16.6 Å². The normalized spacial score (nSPS) is 11.4. The van der Waals surface area contributed by atoms with Crippen LogP contribution in [-0.4, -0.2) is 11.8 Å². The van der Waals surface area contributed by atoms with Crippen molar-refractivity contribution >= 4 is 35.0 Å². The molecule has 170 valence electrons. The number of nitrogens with one attached hydrogen (secondary N) is 2. The van der Waals surface area contributed by atoms with Crippen molar-refractivity contribution in [2.75, 3.05) is 10.6 Å². The van der Waals surface area contributed by atoms with Crippen molar-refractivity contribution in [1.82, 2.24) is 0 Å². The quantitative estimate of drug-likeness (QED) is 0.290. The van der Waals surface area contributed by atoms with E-state index >= 15 is 0 Å². The number of benzene rings is 4. The van der Waals surface area contributed by atoms with Crippen LogP contribution in [0.5, 0.6) is 0 Å². The highest BCUT2D eigenvalue weighted by Gasteiger charge is 2.22. The maximum atomic E-state index is 13.2. The Labute approximate surface area is 202 Å². The maximum Gasteiger partial charge on any atom is 0.242 e. The van der Waals surface area contributed by atoms with Crippen molar-refractivity contribution in [3.8, 4) is 0 Å². The van der Waals surface area contributed by atoms with Crippen LogP contribution in [0.25, 0.3) is 0 Å². The molecular weight excluding hydrogens is 447 g/mol. The van der Waals surface area contributed by atoms with Crippen molar-refractivity contribution in [3.05, 3.63) is 126 Å². The third-order valence-electron chi connectivity index (χ3n) is 5.03. The van der Waals surface area contributed by atoms with Gasteiger partial charge in [-0.15, -0.1) is 11.8 Å². The highest BCUT2D eigenvalue weighted by Crippen LogP contribution is 2.37. The van der Waals surface area contributed by atoms with Gasteiger partial charge < -0.3 is 10.6 Å². The monoisotopic (exact) mass is 470 g/mol. The van der Waals surface area contributed by atoms with Gasteiger partial charge >= 0.3 is 0 Å². The Morgan fingerprint density at radius 3 is 2.12 bits per heavy atom. The summed E-state index contributed by atoms with van der Waals surface area (Å²) >= 11 is 1.38. The minimum atomic E-state index is -0.540. The molecule has 0 heterocycles. The van der Waals surface area contributed by atoms with Gasteiger partial charge in [0.1, 0.15) is 11.1 Å². The second kappa shape index (κ2) is 11.3. The molecule has 2 N–H and O–H groups in total. The predicted molar refractivity (Wildman–Crippen MR) is 135 cm³/mol. The molecule has 4 nitrogen and oxygen atoms in total. The lowest BCUT2D eigenvalue weighted by molar-refractivity contribution is -0.116. The first-order valence-electron chi connectivity index (χ1n) is 10.8. The van der Waals surface area contributed by atoms with Crippen LogP contribution in [0.2, 0.25) is 0 Å². The predicted octanol–water partition coefficient (Wildman–Crippen LogP) is 6.48. The first-order valence-corrected chi connectivity index (χ1v) is 11.7. The Hall–Kier alpha value is -3.90. The summed E-state index contributed by atoms with van der Waals surface area (Å²) in [4.78, 5) is 26.5. The molecule has 0 bridgehead atoms. The van der Waals surface area contributed by atoms with Crippen LogP contribution in [0.1, 0.15) is 16.4 Å². The standard InChI is InChI=1S/C28H23FN2O2S/c29-22-14-16-23(17-15-22)31-28(33)27(21-10-5-2-6-11-21)34-25-13-7-12-24(19-25)30-26(32)18-20-8-3-1-4-9-20/h1-17,19,27H,18H2,(H,30,32)(H,31,33). The fraction of sp³-hybridized carbons (Fsp3) is 0.0714. The van der Waals surface area contributed by atoms with Crippen LogP contribution >= 0.6 is 11.8 Å². The summed E-state index contributed by atoms with van der Waals surface area (Å²) in [7, 11) is 0. The summed E-state index contributed by atoms with van der Waals surface area (Å²) in [6.45, 7) is 0. The van der Waals surface area contributed by atoms with Gasteiger partial charge in [-0.2, -0.15) is 0 Å². The minimum Gasteiger partial charge on any atom is -0.326 e. The molecule has 34 heavy (non-hydrogen) atoms. The molecule has 0 fully saturated rings. The molecule has 0 aliphatic heterocycles. The SMILES string of the molecule is O=C(Cc1ccccc1)Nc1cccc(SC(C(=O)Nc2ccc(F)cc2)c2ccccc2)c1. The number of halogens is 1. The van der Waals surface area contributed by atoms with E-state index in [4.69, 9.17) is 0 Å². The van der Waals surface area contributed by atoms with E-state index in [1.54, 1.807) is 0 Å². The zero-order chi connectivity index (χ0) is 23.8. The van der Waals surface area contributed by atoms with E-state index in [0.717, 1.165) is 16.0 Å². The highest BCUT2D eigenvalue weighted by atomic mass is 32.2. The number of hydrogen-bond acceptors (Lipinski definition) is 3. The Balaban J connectivity index is 1.49. The molecule has 0 aromatic heterocycles. The molecule has 6 heteroatoms. The lowest BCUT2D eigenvalue weighted by Gasteiger charge is -2.18. The second-order valence-corrected chi connectivity index (χ2v) is 8.82. The topological polar surface area (TPSA) is 58.2 Å². The molecule has 4 aromatic carbocycles. The number of rotatable bonds is 8. The fourth-order valence-electron chi connectivity index (χ4n) is 3.41. The number of amides is 2. The van der Waals surface area contributed by atoms with E-state index in [0.29, 0.717) is 11.4 Å². The van der Waals surface area contributed by atoms with Crippen molar-refractivity contribution in [3.63, 3.8) is 0 Å². The van der Waals surface area contributed by atoms with Gasteiger partial charge in [-0.1, -0.05) is 66.7 Å². The van der Waals surface area contributed by atoms with E-state index in [1.807, 2.05) is 84.9 Å². The van der Waals surface area contributed by atoms with Crippen molar-refractivity contribution in [2.24, 2.45) is 0 Å². The molecule has 1 unspecified atom stereocenters. The zero-order valence-corrected chi connectivity index (χ0v) is 19.1. The molecule has 0 saturated heterocycles. The molecule has 0 aliphatic rings. The molecule has 4 rings (SSSR count). The molecule has 2 amide bonds. The summed E-state index contributed by atoms with van der Waals surface area (Å²) in [5, 5.41) is 5.26. The first kappa shape index (κ1) is 23.3. The summed E-state index contributed by atoms with van der Waals surface area (Å²) in [6.07, 6.45) is 0.283. The van der Waals surface area contributed by atoms with E-state index in [1.165, 1.54) is 36.0 Å². The van der Waals surface area contributed by atoms with E-state index < -0.39 is 5.25 Å². The molecular formula is C28H23FN2O2S. The molecule has 0 spiro atoms. The van der Waals surface area contributed by atoms with Gasteiger partial charge in [0.05, 0.1) is 6.42 Å². The highest BCUT2D eigenvalue weighted by molar-refractivity contribution is 8.00. The number of hydrogen-bond donors (Lipinski definition) is 2. The van der Waals surface area contributed by atoms with E-state index in [2.05, 4.69) is 10.6 Å². The van der Waals surface area contributed by atoms with E-state index in [9.17, 15) is 14.0 Å². The van der Waals surface area contributed by atoms with Gasteiger partial charge in [0, 0.05) is 16.3 Å². The summed E-state index contributed by atoms with van der Waals surface area (Å²) in [6, 6.07) is 32.1. The lowest BCUT2D eigenvalue weighted by atomic mass is 10.1.